The van der Waals surface area contributed by atoms with Crippen molar-refractivity contribution in [2.75, 3.05) is 75.2 Å². The van der Waals surface area contributed by atoms with Gasteiger partial charge in [-0.2, -0.15) is 0 Å². The Morgan fingerprint density at radius 3 is 1.97 bits per heavy atom. The van der Waals surface area contributed by atoms with Crippen molar-refractivity contribution in [3.8, 4) is 5.00 Å². The minimum atomic E-state index is -0.906. The molecule has 0 saturated carbocycles. The van der Waals surface area contributed by atoms with E-state index in [0.29, 0.717) is 27.4 Å². The van der Waals surface area contributed by atoms with E-state index in [1.807, 2.05) is 37.3 Å². The van der Waals surface area contributed by atoms with E-state index < -0.39 is 5.97 Å². The maximum absolute atomic E-state index is 11.9. The van der Waals surface area contributed by atoms with Gasteiger partial charge in [-0.05, 0) is 134 Å². The van der Waals surface area contributed by atoms with E-state index in [0.717, 1.165) is 129 Å². The van der Waals surface area contributed by atoms with E-state index in [4.69, 9.17) is 28.2 Å². The number of nitrogens with zero attached hydrogens (tertiary/aromatic N) is 8. The fourth-order valence-corrected chi connectivity index (χ4v) is 12.8. The summed E-state index contributed by atoms with van der Waals surface area (Å²) in [5.74, 6) is 2.27. The number of halogens is 2. The summed E-state index contributed by atoms with van der Waals surface area (Å²) in [4.78, 5) is 28.8. The quantitative estimate of drug-likeness (QED) is 0.145. The third-order valence-corrected chi connectivity index (χ3v) is 16.6. The van der Waals surface area contributed by atoms with Crippen molar-refractivity contribution in [2.45, 2.75) is 53.0 Å². The second-order valence-electron chi connectivity index (χ2n) is 19.3. The van der Waals surface area contributed by atoms with Crippen LogP contribution in [0.4, 0.5) is 11.4 Å². The Hall–Kier alpha value is -5.30. The topological polar surface area (TPSA) is 93.3 Å². The summed E-state index contributed by atoms with van der Waals surface area (Å²) in [5, 5.41) is 21.1. The molecule has 3 saturated heterocycles. The number of piperazine rings is 1. The zero-order valence-corrected chi connectivity index (χ0v) is 40.9. The van der Waals surface area contributed by atoms with Gasteiger partial charge >= 0.3 is 5.97 Å². The van der Waals surface area contributed by atoms with Crippen molar-refractivity contribution in [1.29, 1.82) is 0 Å². The number of hydrogen-bond donors (Lipinski definition) is 1. The monoisotopic (exact) mass is 950 g/mol. The van der Waals surface area contributed by atoms with E-state index >= 15 is 0 Å². The van der Waals surface area contributed by atoms with Gasteiger partial charge in [-0.1, -0.05) is 59.6 Å². The second kappa shape index (κ2) is 18.0. The molecule has 67 heavy (non-hydrogen) atoms. The Kier molecular flexibility index (Phi) is 11.9. The first-order chi connectivity index (χ1) is 32.4. The van der Waals surface area contributed by atoms with Crippen LogP contribution in [0.5, 0.6) is 0 Å². The number of carboxylic acids is 1. The van der Waals surface area contributed by atoms with Crippen molar-refractivity contribution in [3.05, 3.63) is 156 Å². The number of carboxylic acid groups (broad SMARTS) is 1. The molecule has 6 heterocycles. The Balaban J connectivity index is 0.669. The van der Waals surface area contributed by atoms with E-state index in [2.05, 4.69) is 104 Å². The molecular formula is C54H56Cl2N8O2S. The fourth-order valence-electron chi connectivity index (χ4n) is 11.1. The molecule has 11 rings (SSSR count). The molecule has 0 bridgehead atoms. The van der Waals surface area contributed by atoms with Gasteiger partial charge in [0.05, 0.1) is 11.3 Å². The Morgan fingerprint density at radius 2 is 1.36 bits per heavy atom. The van der Waals surface area contributed by atoms with Crippen LogP contribution in [0.25, 0.3) is 16.1 Å². The molecule has 4 aliphatic heterocycles. The van der Waals surface area contributed by atoms with Gasteiger partial charge in [0.1, 0.15) is 16.9 Å². The molecule has 10 nitrogen and oxygen atoms in total. The number of benzene rings is 4. The minimum Gasteiger partial charge on any atom is -0.478 e. The van der Waals surface area contributed by atoms with Gasteiger partial charge in [0.2, 0.25) is 0 Å². The number of thiophene rings is 1. The normalized spacial score (nSPS) is 19.3. The lowest BCUT2D eigenvalue weighted by Crippen LogP contribution is -2.57. The van der Waals surface area contributed by atoms with Gasteiger partial charge in [-0.3, -0.25) is 9.56 Å². The van der Waals surface area contributed by atoms with Crippen LogP contribution in [0.3, 0.4) is 0 Å². The highest BCUT2D eigenvalue weighted by Crippen LogP contribution is 2.44. The van der Waals surface area contributed by atoms with Crippen LogP contribution in [0.1, 0.15) is 91.6 Å². The van der Waals surface area contributed by atoms with Gasteiger partial charge in [0.15, 0.2) is 5.82 Å². The number of aromatic carboxylic acids is 1. The van der Waals surface area contributed by atoms with Crippen LogP contribution in [0, 0.1) is 32.6 Å². The molecular weight excluding hydrogens is 896 g/mol. The summed E-state index contributed by atoms with van der Waals surface area (Å²) in [5.41, 5.74) is 14.0. The first kappa shape index (κ1) is 44.2. The van der Waals surface area contributed by atoms with Crippen molar-refractivity contribution >= 4 is 68.7 Å². The standard InChI is InChI=1S/C54H56Cl2N8O2S/c1-32-34(3)67-53-49(32)51(57-33(2)52-59-58-35(4)64(52)53)39-10-16-44(17-11-39)63-30-37(31-63)27-61-22-20-60(21-23-61)26-36-28-62(29-36)43-14-8-38(9-15-43)50-45-18-12-41(54(65)66)24-40(45)6-5-7-47(50)46-19-13-42(55)25-48(46)56/h8-19,24-25,33,36-37H,5-7,20-23,26-31H2,1-4H3,(H,65,66)/t33-/m0/s1. The van der Waals surface area contributed by atoms with E-state index in [9.17, 15) is 9.90 Å². The van der Waals surface area contributed by atoms with Gasteiger partial charge < -0.3 is 24.7 Å². The Labute approximate surface area is 407 Å². The zero-order chi connectivity index (χ0) is 46.1. The fraction of sp³-hybridized carbons (Fsp3) is 0.370. The van der Waals surface area contributed by atoms with Gasteiger partial charge in [0, 0.05) is 115 Å². The lowest BCUT2D eigenvalue weighted by Gasteiger charge is -2.46. The van der Waals surface area contributed by atoms with Gasteiger partial charge in [0.25, 0.3) is 0 Å². The van der Waals surface area contributed by atoms with E-state index in [1.165, 1.54) is 44.5 Å². The van der Waals surface area contributed by atoms with Crippen LogP contribution in [-0.2, 0) is 6.42 Å². The van der Waals surface area contributed by atoms with Crippen molar-refractivity contribution in [3.63, 3.8) is 0 Å². The van der Waals surface area contributed by atoms with Crippen LogP contribution in [0.15, 0.2) is 89.9 Å². The molecule has 0 radical (unpaired) electrons. The average molecular weight is 952 g/mol. The number of fused-ring (bicyclic) bond motifs is 4. The number of allylic oxidation sites excluding steroid dienone is 1. The third-order valence-electron chi connectivity index (χ3n) is 14.8. The number of aliphatic imine (C=N–C) groups is 1. The molecule has 0 amide bonds. The molecule has 2 aromatic heterocycles. The van der Waals surface area contributed by atoms with Crippen LogP contribution < -0.4 is 9.80 Å². The molecule has 6 aromatic rings. The molecule has 13 heteroatoms. The third kappa shape index (κ3) is 8.41. The highest BCUT2D eigenvalue weighted by atomic mass is 35.5. The molecule has 1 atom stereocenters. The largest absolute Gasteiger partial charge is 0.478 e. The number of hydrogen-bond acceptors (Lipinski definition) is 9. The van der Waals surface area contributed by atoms with Crippen LogP contribution in [-0.4, -0.2) is 107 Å². The summed E-state index contributed by atoms with van der Waals surface area (Å²) in [6.45, 7) is 19.8. The van der Waals surface area contributed by atoms with Crippen LogP contribution in [0.2, 0.25) is 10.0 Å². The maximum Gasteiger partial charge on any atom is 0.335 e. The average Bonchev–Trinajstić information content (AvgIpc) is 3.70. The summed E-state index contributed by atoms with van der Waals surface area (Å²) in [6, 6.07) is 29.2. The van der Waals surface area contributed by atoms with E-state index in [1.54, 1.807) is 17.4 Å². The van der Waals surface area contributed by atoms with E-state index in [-0.39, 0.29) is 6.04 Å². The molecule has 3 fully saturated rings. The summed E-state index contributed by atoms with van der Waals surface area (Å²) in [6.07, 6.45) is 2.53. The maximum atomic E-state index is 11.9. The summed E-state index contributed by atoms with van der Waals surface area (Å²) < 4.78 is 2.20. The molecule has 344 valence electrons. The molecule has 0 unspecified atom stereocenters. The highest BCUT2D eigenvalue weighted by molar-refractivity contribution is 7.15. The predicted molar refractivity (Wildman–Crippen MR) is 273 cm³/mol. The van der Waals surface area contributed by atoms with Crippen molar-refractivity contribution in [2.24, 2.45) is 16.8 Å². The first-order valence-corrected chi connectivity index (χ1v) is 25.3. The molecule has 4 aromatic carbocycles. The second-order valence-corrected chi connectivity index (χ2v) is 21.4. The Morgan fingerprint density at radius 1 is 0.746 bits per heavy atom. The lowest BCUT2D eigenvalue weighted by molar-refractivity contribution is 0.0696. The lowest BCUT2D eigenvalue weighted by atomic mass is 9.87. The SMILES string of the molecule is Cc1sc2c(c1C)C(c1ccc(N3CC(CN4CCN(CC5CN(c6ccc(C7=C(c8ccc(Cl)cc8Cl)CCCc8cc(C(=O)O)ccc87)cc6)C5)CC4)C3)cc1)=N[C@@H](C)c1nnc(C)n1-2. The predicted octanol–water partition coefficient (Wildman–Crippen LogP) is 10.7. The van der Waals surface area contributed by atoms with Gasteiger partial charge in [-0.25, -0.2) is 4.79 Å². The zero-order valence-electron chi connectivity index (χ0n) is 38.6. The number of aromatic nitrogens is 3. The van der Waals surface area contributed by atoms with Gasteiger partial charge in [-0.15, -0.1) is 21.5 Å². The summed E-state index contributed by atoms with van der Waals surface area (Å²) >= 11 is 15.0. The number of carbonyl (C=O) groups is 1. The van der Waals surface area contributed by atoms with Crippen molar-refractivity contribution < 1.29 is 9.90 Å². The summed E-state index contributed by atoms with van der Waals surface area (Å²) in [7, 11) is 0. The number of aryl methyl sites for hydroxylation is 3. The van der Waals surface area contributed by atoms with Crippen molar-refractivity contribution in [1.82, 2.24) is 24.6 Å². The molecule has 1 aliphatic carbocycles. The number of rotatable bonds is 10. The highest BCUT2D eigenvalue weighted by Gasteiger charge is 2.34. The van der Waals surface area contributed by atoms with Crippen LogP contribution >= 0.6 is 34.5 Å². The molecule has 0 spiro atoms. The molecule has 5 aliphatic rings. The Bertz CT molecular complexity index is 2940. The molecule has 1 N–H and O–H groups in total. The number of anilines is 2. The smallest absolute Gasteiger partial charge is 0.335 e. The minimum absolute atomic E-state index is 0.0822. The first-order valence-electron chi connectivity index (χ1n) is 23.8.